The maximum absolute atomic E-state index is 5.41. The first-order valence-corrected chi connectivity index (χ1v) is 8.94. The fraction of sp³-hybridized carbons (Fsp3) is 0.500. The van der Waals surface area contributed by atoms with Crippen LogP contribution in [0.2, 0.25) is 0 Å². The van der Waals surface area contributed by atoms with Gasteiger partial charge in [0, 0.05) is 26.1 Å². The van der Waals surface area contributed by atoms with Crippen molar-refractivity contribution < 1.29 is 14.0 Å². The minimum Gasteiger partial charge on any atom is -0.454 e. The van der Waals surface area contributed by atoms with Crippen LogP contribution in [0.3, 0.4) is 0 Å². The topological polar surface area (TPSA) is 93.8 Å². The van der Waals surface area contributed by atoms with Crippen molar-refractivity contribution in [2.24, 2.45) is 4.99 Å². The largest absolute Gasteiger partial charge is 0.454 e. The number of ether oxygens (including phenoxy) is 2. The van der Waals surface area contributed by atoms with Gasteiger partial charge < -0.3 is 24.6 Å². The lowest BCUT2D eigenvalue weighted by Crippen LogP contribution is -2.38. The first-order chi connectivity index (χ1) is 12.7. The Kier molecular flexibility index (Phi) is 6.29. The van der Waals surface area contributed by atoms with Crippen molar-refractivity contribution in [1.29, 1.82) is 0 Å². The van der Waals surface area contributed by atoms with Gasteiger partial charge in [-0.2, -0.15) is 4.98 Å². The standard InChI is InChI=1S/C18H25N5O3/c1-3-19-18(20-9-4-5-17-22-13(2)23-26-17)21-10-8-14-6-7-15-16(11-14)25-12-24-15/h6-7,11H,3-5,8-10,12H2,1-2H3,(H2,19,20,21). The summed E-state index contributed by atoms with van der Waals surface area (Å²) in [5.41, 5.74) is 1.20. The first-order valence-electron chi connectivity index (χ1n) is 8.94. The number of nitrogens with one attached hydrogen (secondary N) is 2. The Hall–Kier alpha value is -2.77. The summed E-state index contributed by atoms with van der Waals surface area (Å²) in [6.07, 6.45) is 2.48. The van der Waals surface area contributed by atoms with Gasteiger partial charge in [0.25, 0.3) is 0 Å². The molecule has 1 aliphatic rings. The zero-order chi connectivity index (χ0) is 18.2. The molecular weight excluding hydrogens is 334 g/mol. The molecule has 140 valence electrons. The summed E-state index contributed by atoms with van der Waals surface area (Å²) in [5, 5.41) is 10.4. The molecule has 8 heteroatoms. The predicted molar refractivity (Wildman–Crippen MR) is 97.6 cm³/mol. The maximum atomic E-state index is 5.41. The van der Waals surface area contributed by atoms with E-state index in [1.165, 1.54) is 5.56 Å². The van der Waals surface area contributed by atoms with Crippen LogP contribution in [0, 0.1) is 6.92 Å². The molecule has 0 saturated carbocycles. The number of aryl methyl sites for hydroxylation is 2. The van der Waals surface area contributed by atoms with E-state index in [1.807, 2.05) is 19.1 Å². The molecule has 0 unspecified atom stereocenters. The highest BCUT2D eigenvalue weighted by molar-refractivity contribution is 5.79. The Labute approximate surface area is 153 Å². The number of guanidine groups is 1. The Morgan fingerprint density at radius 3 is 2.88 bits per heavy atom. The molecule has 8 nitrogen and oxygen atoms in total. The first kappa shape index (κ1) is 18.0. The number of aromatic nitrogens is 2. The fourth-order valence-corrected chi connectivity index (χ4v) is 2.63. The smallest absolute Gasteiger partial charge is 0.231 e. The molecule has 0 amide bonds. The molecule has 0 bridgehead atoms. The number of benzene rings is 1. The molecule has 3 rings (SSSR count). The zero-order valence-corrected chi connectivity index (χ0v) is 15.2. The summed E-state index contributed by atoms with van der Waals surface area (Å²) in [6, 6.07) is 6.04. The molecule has 0 atom stereocenters. The minimum absolute atomic E-state index is 0.303. The Balaban J connectivity index is 1.42. The third-order valence-electron chi connectivity index (χ3n) is 3.88. The predicted octanol–water partition coefficient (Wildman–Crippen LogP) is 1.84. The Morgan fingerprint density at radius 2 is 2.08 bits per heavy atom. The molecule has 0 radical (unpaired) electrons. The van der Waals surface area contributed by atoms with Crippen LogP contribution in [0.25, 0.3) is 0 Å². The Morgan fingerprint density at radius 1 is 1.19 bits per heavy atom. The number of aliphatic imine (C=N–C) groups is 1. The fourth-order valence-electron chi connectivity index (χ4n) is 2.63. The van der Waals surface area contributed by atoms with Crippen molar-refractivity contribution in [3.8, 4) is 11.5 Å². The van der Waals surface area contributed by atoms with Crippen LogP contribution in [0.15, 0.2) is 27.7 Å². The lowest BCUT2D eigenvalue weighted by atomic mass is 10.1. The molecule has 2 aromatic rings. The van der Waals surface area contributed by atoms with Gasteiger partial charge in [-0.05, 0) is 44.4 Å². The molecular formula is C18H25N5O3. The van der Waals surface area contributed by atoms with Gasteiger partial charge in [-0.1, -0.05) is 11.2 Å². The number of rotatable bonds is 8. The third kappa shape index (κ3) is 5.11. The molecule has 0 spiro atoms. The molecule has 1 aliphatic heterocycles. The van der Waals surface area contributed by atoms with Crippen molar-refractivity contribution in [2.45, 2.75) is 33.1 Å². The lowest BCUT2D eigenvalue weighted by Gasteiger charge is -2.11. The van der Waals surface area contributed by atoms with Gasteiger partial charge in [0.05, 0.1) is 0 Å². The summed E-state index contributed by atoms with van der Waals surface area (Å²) in [6.45, 7) is 6.47. The van der Waals surface area contributed by atoms with Crippen LogP contribution in [-0.2, 0) is 12.8 Å². The van der Waals surface area contributed by atoms with Gasteiger partial charge in [-0.3, -0.25) is 4.99 Å². The average Bonchev–Trinajstić information content (AvgIpc) is 3.27. The van der Waals surface area contributed by atoms with Crippen LogP contribution in [0.4, 0.5) is 0 Å². The van der Waals surface area contributed by atoms with Crippen molar-refractivity contribution in [3.05, 3.63) is 35.5 Å². The molecule has 1 aromatic carbocycles. The molecule has 26 heavy (non-hydrogen) atoms. The second kappa shape index (κ2) is 9.07. The quantitative estimate of drug-likeness (QED) is 0.422. The van der Waals surface area contributed by atoms with Crippen molar-refractivity contribution in [1.82, 2.24) is 20.8 Å². The summed E-state index contributed by atoms with van der Waals surface area (Å²) < 4.78 is 15.9. The van der Waals surface area contributed by atoms with Gasteiger partial charge in [0.1, 0.15) is 0 Å². The molecule has 2 N–H and O–H groups in total. The van der Waals surface area contributed by atoms with E-state index in [4.69, 9.17) is 14.0 Å². The van der Waals surface area contributed by atoms with E-state index < -0.39 is 0 Å². The van der Waals surface area contributed by atoms with Crippen molar-refractivity contribution >= 4 is 5.96 Å². The van der Waals surface area contributed by atoms with Crippen LogP contribution in [0.5, 0.6) is 11.5 Å². The summed E-state index contributed by atoms with van der Waals surface area (Å²) >= 11 is 0. The second-order valence-electron chi connectivity index (χ2n) is 5.96. The van der Waals surface area contributed by atoms with E-state index in [0.717, 1.165) is 49.8 Å². The lowest BCUT2D eigenvalue weighted by molar-refractivity contribution is 0.174. The normalized spacial score (nSPS) is 13.1. The highest BCUT2D eigenvalue weighted by Gasteiger charge is 2.12. The molecule has 0 saturated heterocycles. The molecule has 0 aliphatic carbocycles. The van der Waals surface area contributed by atoms with Gasteiger partial charge in [-0.15, -0.1) is 0 Å². The molecule has 0 fully saturated rings. The van der Waals surface area contributed by atoms with E-state index in [-0.39, 0.29) is 0 Å². The van der Waals surface area contributed by atoms with Crippen molar-refractivity contribution in [3.63, 3.8) is 0 Å². The average molecular weight is 359 g/mol. The Bertz CT molecular complexity index is 744. The van der Waals surface area contributed by atoms with Crippen LogP contribution >= 0.6 is 0 Å². The number of hydrogen-bond acceptors (Lipinski definition) is 6. The summed E-state index contributed by atoms with van der Waals surface area (Å²) in [5.74, 6) is 3.78. The van der Waals surface area contributed by atoms with Gasteiger partial charge in [-0.25, -0.2) is 0 Å². The van der Waals surface area contributed by atoms with Gasteiger partial charge in [0.15, 0.2) is 23.3 Å². The van der Waals surface area contributed by atoms with E-state index in [0.29, 0.717) is 25.1 Å². The number of hydrogen-bond donors (Lipinski definition) is 2. The molecule has 2 heterocycles. The molecule has 1 aromatic heterocycles. The summed E-state index contributed by atoms with van der Waals surface area (Å²) in [4.78, 5) is 8.78. The van der Waals surface area contributed by atoms with E-state index in [9.17, 15) is 0 Å². The highest BCUT2D eigenvalue weighted by atomic mass is 16.7. The number of fused-ring (bicyclic) bond motifs is 1. The van der Waals surface area contributed by atoms with E-state index in [1.54, 1.807) is 0 Å². The van der Waals surface area contributed by atoms with Crippen LogP contribution < -0.4 is 20.1 Å². The van der Waals surface area contributed by atoms with Crippen LogP contribution in [-0.4, -0.2) is 42.5 Å². The second-order valence-corrected chi connectivity index (χ2v) is 5.96. The monoisotopic (exact) mass is 359 g/mol. The van der Waals surface area contributed by atoms with Crippen LogP contribution in [0.1, 0.15) is 30.6 Å². The van der Waals surface area contributed by atoms with E-state index >= 15 is 0 Å². The summed E-state index contributed by atoms with van der Waals surface area (Å²) in [7, 11) is 0. The zero-order valence-electron chi connectivity index (χ0n) is 15.2. The highest BCUT2D eigenvalue weighted by Crippen LogP contribution is 2.32. The SMILES string of the molecule is CCNC(=NCCCc1nc(C)no1)NCCc1ccc2c(c1)OCO2. The van der Waals surface area contributed by atoms with Gasteiger partial charge >= 0.3 is 0 Å². The van der Waals surface area contributed by atoms with E-state index in [2.05, 4.69) is 38.8 Å². The third-order valence-corrected chi connectivity index (χ3v) is 3.88. The maximum Gasteiger partial charge on any atom is 0.231 e. The van der Waals surface area contributed by atoms with Crippen molar-refractivity contribution in [2.75, 3.05) is 26.4 Å². The minimum atomic E-state index is 0.303. The number of nitrogens with zero attached hydrogens (tertiary/aromatic N) is 3. The van der Waals surface area contributed by atoms with Gasteiger partial charge in [0.2, 0.25) is 12.7 Å².